The van der Waals surface area contributed by atoms with E-state index in [2.05, 4.69) is 25.0 Å². The van der Waals surface area contributed by atoms with E-state index < -0.39 is 17.8 Å². The quantitative estimate of drug-likeness (QED) is 0.629. The number of hydrogen-bond acceptors (Lipinski definition) is 9. The summed E-state index contributed by atoms with van der Waals surface area (Å²) < 4.78 is 14.0. The third-order valence-electron chi connectivity index (χ3n) is 2.30. The highest BCUT2D eigenvalue weighted by Crippen LogP contribution is 2.03. The second kappa shape index (κ2) is 7.94. The summed E-state index contributed by atoms with van der Waals surface area (Å²) in [5.74, 6) is -1.39. The Balaban J connectivity index is 2.59. The highest BCUT2D eigenvalue weighted by atomic mass is 16.5. The molecule has 0 aromatic carbocycles. The second-order valence-electron chi connectivity index (χ2n) is 3.97. The minimum absolute atomic E-state index is 0.0615. The second-order valence-corrected chi connectivity index (χ2v) is 3.97. The number of aromatic nitrogens is 2. The summed E-state index contributed by atoms with van der Waals surface area (Å²) in [6.07, 6.45) is 0. The van der Waals surface area contributed by atoms with Crippen LogP contribution in [0.15, 0.2) is 4.42 Å². The molecule has 21 heavy (non-hydrogen) atoms. The number of nitrogens with one attached hydrogen (secondary N) is 1. The van der Waals surface area contributed by atoms with Gasteiger partial charge in [0.2, 0.25) is 11.8 Å². The molecule has 1 amide bonds. The Bertz CT molecular complexity index is 497. The van der Waals surface area contributed by atoms with Crippen LogP contribution in [0.3, 0.4) is 0 Å². The molecule has 1 aromatic rings. The summed E-state index contributed by atoms with van der Waals surface area (Å²) in [6.45, 7) is 0.860. The van der Waals surface area contributed by atoms with Gasteiger partial charge in [-0.15, -0.1) is 5.10 Å². The Hall–Kier alpha value is -2.49. The van der Waals surface area contributed by atoms with E-state index >= 15 is 0 Å². The topological polar surface area (TPSA) is 124 Å². The van der Waals surface area contributed by atoms with E-state index in [-0.39, 0.29) is 25.6 Å². The van der Waals surface area contributed by atoms with Crippen LogP contribution in [0.2, 0.25) is 0 Å². The van der Waals surface area contributed by atoms with Crippen molar-refractivity contribution in [3.8, 4) is 0 Å². The normalized spacial score (nSPS) is 10.3. The van der Waals surface area contributed by atoms with E-state index in [4.69, 9.17) is 4.42 Å². The zero-order chi connectivity index (χ0) is 15.8. The molecule has 0 saturated carbocycles. The van der Waals surface area contributed by atoms with Crippen molar-refractivity contribution in [2.75, 3.05) is 39.2 Å². The van der Waals surface area contributed by atoms with Crippen molar-refractivity contribution in [2.24, 2.45) is 0 Å². The van der Waals surface area contributed by atoms with Crippen LogP contribution in [0.4, 0.5) is 6.01 Å². The average molecular weight is 300 g/mol. The molecule has 0 aliphatic heterocycles. The lowest BCUT2D eigenvalue weighted by Gasteiger charge is -2.18. The number of amides is 1. The van der Waals surface area contributed by atoms with E-state index in [0.717, 1.165) is 0 Å². The lowest BCUT2D eigenvalue weighted by molar-refractivity contribution is -0.145. The van der Waals surface area contributed by atoms with Gasteiger partial charge in [-0.25, -0.2) is 0 Å². The summed E-state index contributed by atoms with van der Waals surface area (Å²) >= 11 is 0. The zero-order valence-corrected chi connectivity index (χ0v) is 11.9. The SMILES string of the molecule is COC(=O)CN(CC(=O)Nc1nnc(C)o1)CC(=O)OC. The molecular formula is C11H16N4O6. The standard InChI is InChI=1S/C11H16N4O6/c1-7-13-14-11(21-7)12-8(16)4-15(5-9(17)19-2)6-10(18)20-3/h4-6H2,1-3H3,(H,12,14,16). The lowest BCUT2D eigenvalue weighted by Crippen LogP contribution is -2.40. The third-order valence-corrected chi connectivity index (χ3v) is 2.30. The maximum Gasteiger partial charge on any atom is 0.322 e. The predicted octanol–water partition coefficient (Wildman–Crippen LogP) is -1.04. The molecule has 0 fully saturated rings. The Morgan fingerprint density at radius 3 is 2.10 bits per heavy atom. The molecule has 1 aromatic heterocycles. The third kappa shape index (κ3) is 5.99. The van der Waals surface area contributed by atoms with Gasteiger partial charge >= 0.3 is 18.0 Å². The summed E-state index contributed by atoms with van der Waals surface area (Å²) in [6, 6.07) is -0.0615. The largest absolute Gasteiger partial charge is 0.468 e. The Morgan fingerprint density at radius 1 is 1.10 bits per heavy atom. The molecule has 0 aliphatic rings. The molecule has 0 aliphatic carbocycles. The Morgan fingerprint density at radius 2 is 1.67 bits per heavy atom. The zero-order valence-electron chi connectivity index (χ0n) is 11.9. The maximum absolute atomic E-state index is 11.8. The molecule has 10 heteroatoms. The first-order chi connectivity index (χ1) is 9.94. The Labute approximate surface area is 120 Å². The van der Waals surface area contributed by atoms with Crippen LogP contribution in [0.5, 0.6) is 0 Å². The van der Waals surface area contributed by atoms with Gasteiger partial charge in [0.15, 0.2) is 0 Å². The van der Waals surface area contributed by atoms with Crippen molar-refractivity contribution in [3.63, 3.8) is 0 Å². The van der Waals surface area contributed by atoms with Crippen LogP contribution >= 0.6 is 0 Å². The molecule has 0 bridgehead atoms. The summed E-state index contributed by atoms with van der Waals surface area (Å²) in [5, 5.41) is 9.50. The van der Waals surface area contributed by atoms with Crippen molar-refractivity contribution >= 4 is 23.9 Å². The first kappa shape index (κ1) is 16.6. The van der Waals surface area contributed by atoms with Gasteiger partial charge in [0.05, 0.1) is 33.9 Å². The van der Waals surface area contributed by atoms with E-state index in [1.54, 1.807) is 6.92 Å². The van der Waals surface area contributed by atoms with Gasteiger partial charge in [0.25, 0.3) is 0 Å². The first-order valence-electron chi connectivity index (χ1n) is 5.90. The lowest BCUT2D eigenvalue weighted by atomic mass is 10.4. The molecule has 1 heterocycles. The molecule has 0 atom stereocenters. The minimum Gasteiger partial charge on any atom is -0.468 e. The molecule has 0 unspecified atom stereocenters. The summed E-state index contributed by atoms with van der Waals surface area (Å²) in [4.78, 5) is 35.5. The number of carbonyl (C=O) groups excluding carboxylic acids is 3. The summed E-state index contributed by atoms with van der Waals surface area (Å²) in [7, 11) is 2.42. The number of rotatable bonds is 7. The van der Waals surface area contributed by atoms with Gasteiger partial charge < -0.3 is 13.9 Å². The van der Waals surface area contributed by atoms with Crippen LogP contribution in [0.25, 0.3) is 0 Å². The molecule has 10 nitrogen and oxygen atoms in total. The van der Waals surface area contributed by atoms with Gasteiger partial charge in [0.1, 0.15) is 0 Å². The molecule has 116 valence electrons. The van der Waals surface area contributed by atoms with Crippen molar-refractivity contribution in [3.05, 3.63) is 5.89 Å². The van der Waals surface area contributed by atoms with Crippen LogP contribution in [-0.4, -0.2) is 66.8 Å². The number of ether oxygens (including phenoxy) is 2. The van der Waals surface area contributed by atoms with E-state index in [1.165, 1.54) is 19.1 Å². The minimum atomic E-state index is -0.583. The van der Waals surface area contributed by atoms with E-state index in [0.29, 0.717) is 5.89 Å². The van der Waals surface area contributed by atoms with Crippen molar-refractivity contribution in [2.45, 2.75) is 6.92 Å². The summed E-state index contributed by atoms with van der Waals surface area (Å²) in [5.41, 5.74) is 0. The van der Waals surface area contributed by atoms with Crippen molar-refractivity contribution in [1.29, 1.82) is 0 Å². The van der Waals surface area contributed by atoms with E-state index in [1.807, 2.05) is 0 Å². The fraction of sp³-hybridized carbons (Fsp3) is 0.545. The van der Waals surface area contributed by atoms with Crippen LogP contribution in [-0.2, 0) is 23.9 Å². The number of hydrogen-bond donors (Lipinski definition) is 1. The van der Waals surface area contributed by atoms with Crippen LogP contribution in [0, 0.1) is 6.92 Å². The van der Waals surface area contributed by atoms with Gasteiger partial charge in [0, 0.05) is 6.92 Å². The van der Waals surface area contributed by atoms with Crippen LogP contribution in [0.1, 0.15) is 5.89 Å². The van der Waals surface area contributed by atoms with Gasteiger partial charge in [-0.05, 0) is 0 Å². The molecule has 1 rings (SSSR count). The van der Waals surface area contributed by atoms with Crippen molar-refractivity contribution < 1.29 is 28.3 Å². The fourth-order valence-corrected chi connectivity index (χ4v) is 1.37. The van der Waals surface area contributed by atoms with Crippen molar-refractivity contribution in [1.82, 2.24) is 15.1 Å². The molecule has 0 saturated heterocycles. The fourth-order valence-electron chi connectivity index (χ4n) is 1.37. The highest BCUT2D eigenvalue weighted by molar-refractivity contribution is 5.91. The molecule has 0 radical (unpaired) electrons. The number of methoxy groups -OCH3 is 2. The highest BCUT2D eigenvalue weighted by Gasteiger charge is 2.19. The molecule has 0 spiro atoms. The number of anilines is 1. The maximum atomic E-state index is 11.8. The van der Waals surface area contributed by atoms with E-state index in [9.17, 15) is 14.4 Å². The number of esters is 2. The number of carbonyl (C=O) groups is 3. The average Bonchev–Trinajstić information content (AvgIpc) is 2.83. The number of aryl methyl sites for hydroxylation is 1. The van der Waals surface area contributed by atoms with Gasteiger partial charge in [-0.1, -0.05) is 5.10 Å². The Kier molecular flexibility index (Phi) is 6.27. The number of nitrogens with zero attached hydrogens (tertiary/aromatic N) is 3. The molecular weight excluding hydrogens is 284 g/mol. The van der Waals surface area contributed by atoms with Gasteiger partial charge in [-0.3, -0.25) is 24.6 Å². The smallest absolute Gasteiger partial charge is 0.322 e. The predicted molar refractivity (Wildman–Crippen MR) is 68.1 cm³/mol. The van der Waals surface area contributed by atoms with Gasteiger partial charge in [-0.2, -0.15) is 0 Å². The molecule has 1 N–H and O–H groups in total. The first-order valence-corrected chi connectivity index (χ1v) is 5.90. The monoisotopic (exact) mass is 300 g/mol. The van der Waals surface area contributed by atoms with Crippen LogP contribution < -0.4 is 5.32 Å².